The summed E-state index contributed by atoms with van der Waals surface area (Å²) in [4.78, 5) is 44.0. The van der Waals surface area contributed by atoms with Gasteiger partial charge in [0, 0.05) is 0 Å². The Morgan fingerprint density at radius 1 is 1.24 bits per heavy atom. The third-order valence-corrected chi connectivity index (χ3v) is 7.60. The van der Waals surface area contributed by atoms with Crippen LogP contribution < -0.4 is 10.6 Å². The number of carbonyl (C=O) groups excluding carboxylic acids is 3. The summed E-state index contributed by atoms with van der Waals surface area (Å²) in [5.74, 6) is 0.796. The monoisotopic (exact) mass is 480 g/mol. The Balaban J connectivity index is 1.21. The maximum absolute atomic E-state index is 13.2. The Kier molecular flexibility index (Phi) is 5.47. The van der Waals surface area contributed by atoms with E-state index in [0.29, 0.717) is 30.3 Å². The van der Waals surface area contributed by atoms with Gasteiger partial charge in [-0.3, -0.25) is 14.5 Å². The number of nitrogens with one attached hydrogen (secondary N) is 2. The zero-order valence-corrected chi connectivity index (χ0v) is 20.3. The molecule has 3 heterocycles. The van der Waals surface area contributed by atoms with Crippen molar-refractivity contribution in [3.63, 3.8) is 0 Å². The molecule has 3 aromatic rings. The van der Waals surface area contributed by atoms with Crippen molar-refractivity contribution < 1.29 is 18.8 Å². The van der Waals surface area contributed by atoms with Crippen molar-refractivity contribution in [3.8, 4) is 10.8 Å². The Labute approximate surface area is 201 Å². The molecule has 1 aliphatic heterocycles. The standard InChI is InChI=1S/C25H28N4O4S/c1-15-10-24(2,3)14-25(11-15)22(31)29(23(32)28-25)13-20(30)26-12-16-8-9-18(33-16)21-27-17-6-4-5-7-19(17)34-21/h4-9,15H,10-14H2,1-3H3,(H,26,30)(H,28,32). The van der Waals surface area contributed by atoms with Crippen LogP contribution in [0.1, 0.15) is 45.8 Å². The first-order chi connectivity index (χ1) is 16.1. The maximum atomic E-state index is 13.2. The highest BCUT2D eigenvalue weighted by Crippen LogP contribution is 2.46. The summed E-state index contributed by atoms with van der Waals surface area (Å²) in [6, 6.07) is 11.0. The molecule has 1 saturated carbocycles. The smallest absolute Gasteiger partial charge is 0.325 e. The number of furan rings is 1. The molecule has 2 aromatic heterocycles. The fourth-order valence-corrected chi connectivity index (χ4v) is 6.53. The first-order valence-electron chi connectivity index (χ1n) is 11.5. The van der Waals surface area contributed by atoms with Crippen molar-refractivity contribution in [1.82, 2.24) is 20.5 Å². The van der Waals surface area contributed by atoms with Crippen LogP contribution >= 0.6 is 11.3 Å². The number of rotatable bonds is 5. The number of thiazole rings is 1. The van der Waals surface area contributed by atoms with Gasteiger partial charge in [-0.1, -0.05) is 32.9 Å². The Hall–Kier alpha value is -3.20. The molecule has 0 bridgehead atoms. The number of aromatic nitrogens is 1. The van der Waals surface area contributed by atoms with E-state index in [9.17, 15) is 14.4 Å². The first kappa shape index (κ1) is 22.6. The van der Waals surface area contributed by atoms with Gasteiger partial charge in [-0.2, -0.15) is 0 Å². The van der Waals surface area contributed by atoms with Gasteiger partial charge in [0.15, 0.2) is 10.8 Å². The lowest BCUT2D eigenvalue weighted by molar-refractivity contribution is -0.137. The van der Waals surface area contributed by atoms with Crippen LogP contribution in [-0.2, 0) is 16.1 Å². The van der Waals surface area contributed by atoms with Gasteiger partial charge >= 0.3 is 6.03 Å². The summed E-state index contributed by atoms with van der Waals surface area (Å²) in [6.07, 6.45) is 2.18. The minimum absolute atomic E-state index is 0.0564. The molecule has 9 heteroatoms. The molecular weight excluding hydrogens is 452 g/mol. The molecule has 2 atom stereocenters. The molecule has 34 heavy (non-hydrogen) atoms. The lowest BCUT2D eigenvalue weighted by Gasteiger charge is -2.43. The normalized spacial score (nSPS) is 24.1. The molecular formula is C25H28N4O4S. The van der Waals surface area contributed by atoms with E-state index in [-0.39, 0.29) is 24.4 Å². The highest BCUT2D eigenvalue weighted by molar-refractivity contribution is 7.21. The van der Waals surface area contributed by atoms with Gasteiger partial charge in [-0.25, -0.2) is 9.78 Å². The first-order valence-corrected chi connectivity index (χ1v) is 12.3. The second-order valence-corrected chi connectivity index (χ2v) is 11.3. The van der Waals surface area contributed by atoms with Crippen molar-refractivity contribution in [3.05, 3.63) is 42.2 Å². The summed E-state index contributed by atoms with van der Waals surface area (Å²) >= 11 is 1.54. The van der Waals surface area contributed by atoms with E-state index in [0.717, 1.165) is 26.5 Å². The van der Waals surface area contributed by atoms with Gasteiger partial charge in [-0.05, 0) is 54.9 Å². The number of benzene rings is 1. The second-order valence-electron chi connectivity index (χ2n) is 10.3. The molecule has 178 valence electrons. The van der Waals surface area contributed by atoms with Crippen molar-refractivity contribution >= 4 is 39.4 Å². The van der Waals surface area contributed by atoms with Gasteiger partial charge in [0.2, 0.25) is 5.91 Å². The molecule has 2 fully saturated rings. The number of nitrogens with zero attached hydrogens (tertiary/aromatic N) is 2. The Morgan fingerprint density at radius 3 is 2.79 bits per heavy atom. The van der Waals surface area contributed by atoms with Crippen LogP contribution in [0.2, 0.25) is 0 Å². The van der Waals surface area contributed by atoms with E-state index < -0.39 is 17.5 Å². The molecule has 0 radical (unpaired) electrons. The number of urea groups is 1. The summed E-state index contributed by atoms with van der Waals surface area (Å²) < 4.78 is 6.93. The number of hydrogen-bond donors (Lipinski definition) is 2. The molecule has 1 saturated heterocycles. The average molecular weight is 481 g/mol. The van der Waals surface area contributed by atoms with Crippen molar-refractivity contribution in [2.75, 3.05) is 6.54 Å². The van der Waals surface area contributed by atoms with Gasteiger partial charge in [-0.15, -0.1) is 11.3 Å². The highest BCUT2D eigenvalue weighted by Gasteiger charge is 2.56. The zero-order valence-electron chi connectivity index (χ0n) is 19.5. The molecule has 2 aliphatic rings. The summed E-state index contributed by atoms with van der Waals surface area (Å²) in [6.45, 7) is 6.18. The van der Waals surface area contributed by atoms with Gasteiger partial charge in [0.25, 0.3) is 5.91 Å². The highest BCUT2D eigenvalue weighted by atomic mass is 32.1. The minimum atomic E-state index is -0.911. The van der Waals surface area contributed by atoms with E-state index in [2.05, 4.69) is 36.4 Å². The van der Waals surface area contributed by atoms with E-state index in [1.165, 1.54) is 11.3 Å². The largest absolute Gasteiger partial charge is 0.457 e. The molecule has 1 aromatic carbocycles. The number of amides is 4. The quantitative estimate of drug-likeness (QED) is 0.530. The predicted molar refractivity (Wildman–Crippen MR) is 129 cm³/mol. The number of fused-ring (bicyclic) bond motifs is 1. The molecule has 5 rings (SSSR count). The van der Waals surface area contributed by atoms with Crippen molar-refractivity contribution in [2.45, 2.75) is 52.1 Å². The van der Waals surface area contributed by atoms with Crippen LogP contribution in [0.3, 0.4) is 0 Å². The zero-order chi connectivity index (χ0) is 24.1. The Bertz CT molecular complexity index is 1250. The fourth-order valence-electron chi connectivity index (χ4n) is 5.60. The molecule has 2 N–H and O–H groups in total. The van der Waals surface area contributed by atoms with Gasteiger partial charge in [0.1, 0.15) is 17.8 Å². The number of para-hydroxylation sites is 1. The van der Waals surface area contributed by atoms with Crippen LogP contribution in [0.5, 0.6) is 0 Å². The third-order valence-electron chi connectivity index (χ3n) is 6.55. The van der Waals surface area contributed by atoms with Crippen LogP contribution in [0.15, 0.2) is 40.8 Å². The summed E-state index contributed by atoms with van der Waals surface area (Å²) in [5.41, 5.74) is -0.0546. The second kappa shape index (κ2) is 8.23. The number of carbonyl (C=O) groups is 3. The predicted octanol–water partition coefficient (Wildman–Crippen LogP) is 4.31. The fraction of sp³-hybridized carbons (Fsp3) is 0.440. The maximum Gasteiger partial charge on any atom is 0.325 e. The van der Waals surface area contributed by atoms with E-state index in [1.807, 2.05) is 30.3 Å². The summed E-state index contributed by atoms with van der Waals surface area (Å²) in [5, 5.41) is 6.42. The van der Waals surface area contributed by atoms with Gasteiger partial charge < -0.3 is 15.1 Å². The van der Waals surface area contributed by atoms with Crippen LogP contribution in [0.4, 0.5) is 4.79 Å². The van der Waals surface area contributed by atoms with E-state index >= 15 is 0 Å². The molecule has 8 nitrogen and oxygen atoms in total. The molecule has 4 amide bonds. The Morgan fingerprint density at radius 2 is 2.03 bits per heavy atom. The lowest BCUT2D eigenvalue weighted by Crippen LogP contribution is -2.54. The average Bonchev–Trinajstić information content (AvgIpc) is 3.44. The molecule has 1 aliphatic carbocycles. The van der Waals surface area contributed by atoms with Crippen LogP contribution in [-0.4, -0.2) is 39.8 Å². The lowest BCUT2D eigenvalue weighted by atomic mass is 9.64. The molecule has 1 spiro atoms. The SMILES string of the molecule is CC1CC(C)(C)CC2(C1)NC(=O)N(CC(=O)NCc1ccc(-c3nc4ccccc4s3)o1)C2=O. The van der Waals surface area contributed by atoms with E-state index in [4.69, 9.17) is 4.42 Å². The summed E-state index contributed by atoms with van der Waals surface area (Å²) in [7, 11) is 0. The third kappa shape index (κ3) is 4.20. The number of hydrogen-bond acceptors (Lipinski definition) is 6. The van der Waals surface area contributed by atoms with Crippen LogP contribution in [0.25, 0.3) is 21.0 Å². The minimum Gasteiger partial charge on any atom is -0.457 e. The number of imide groups is 1. The van der Waals surface area contributed by atoms with E-state index in [1.54, 1.807) is 6.07 Å². The molecule has 2 unspecified atom stereocenters. The topological polar surface area (TPSA) is 105 Å². The van der Waals surface area contributed by atoms with Gasteiger partial charge in [0.05, 0.1) is 16.8 Å². The van der Waals surface area contributed by atoms with Crippen molar-refractivity contribution in [2.24, 2.45) is 11.3 Å². The van der Waals surface area contributed by atoms with Crippen LogP contribution in [0, 0.1) is 11.3 Å². The van der Waals surface area contributed by atoms with Crippen molar-refractivity contribution in [1.29, 1.82) is 0 Å².